The summed E-state index contributed by atoms with van der Waals surface area (Å²) in [6.07, 6.45) is 0. The van der Waals surface area contributed by atoms with E-state index in [4.69, 9.17) is 0 Å². The molecule has 21 heavy (non-hydrogen) atoms. The fourth-order valence-electron chi connectivity index (χ4n) is 2.58. The number of carbonyl (C=O) groups excluding carboxylic acids is 1. The molecule has 1 aromatic heterocycles. The Kier molecular flexibility index (Phi) is 3.76. The molecular formula is C16H19N3OS. The van der Waals surface area contributed by atoms with E-state index in [1.807, 2.05) is 6.92 Å². The number of amides is 1. The van der Waals surface area contributed by atoms with Gasteiger partial charge in [0, 0.05) is 11.3 Å². The molecule has 1 aliphatic heterocycles. The lowest BCUT2D eigenvalue weighted by molar-refractivity contribution is -0.113. The molecule has 2 N–H and O–H groups in total. The van der Waals surface area contributed by atoms with Crippen LogP contribution in [0.3, 0.4) is 0 Å². The highest BCUT2D eigenvalue weighted by Gasteiger charge is 2.28. The second-order valence-electron chi connectivity index (χ2n) is 5.67. The van der Waals surface area contributed by atoms with Crippen molar-refractivity contribution in [2.45, 2.75) is 31.9 Å². The number of anilines is 1. The van der Waals surface area contributed by atoms with Crippen molar-refractivity contribution in [3.8, 4) is 0 Å². The third kappa shape index (κ3) is 2.70. The van der Waals surface area contributed by atoms with Crippen LogP contribution < -0.4 is 5.32 Å². The molecule has 1 aromatic carbocycles. The van der Waals surface area contributed by atoms with Gasteiger partial charge in [0.1, 0.15) is 0 Å². The van der Waals surface area contributed by atoms with Gasteiger partial charge in [-0.2, -0.15) is 5.10 Å². The zero-order valence-electron chi connectivity index (χ0n) is 12.4. The van der Waals surface area contributed by atoms with Crippen LogP contribution in [-0.4, -0.2) is 21.9 Å². The highest BCUT2D eigenvalue weighted by atomic mass is 32.2. The minimum atomic E-state index is 0.00838. The number of aromatic amines is 1. The number of nitrogens with one attached hydrogen (secondary N) is 2. The summed E-state index contributed by atoms with van der Waals surface area (Å²) < 4.78 is 0. The molecule has 1 atom stereocenters. The fraction of sp³-hybridized carbons (Fsp3) is 0.375. The van der Waals surface area contributed by atoms with Gasteiger partial charge in [-0.05, 0) is 24.0 Å². The zero-order valence-corrected chi connectivity index (χ0v) is 13.3. The number of aryl methyl sites for hydroxylation is 1. The molecule has 0 fully saturated rings. The number of carbonyl (C=O) groups is 1. The Labute approximate surface area is 128 Å². The third-order valence-corrected chi connectivity index (χ3v) is 5.07. The molecule has 0 spiro atoms. The van der Waals surface area contributed by atoms with Gasteiger partial charge < -0.3 is 5.32 Å². The fourth-order valence-corrected chi connectivity index (χ4v) is 3.78. The van der Waals surface area contributed by atoms with E-state index in [0.717, 1.165) is 11.3 Å². The Morgan fingerprint density at radius 1 is 1.29 bits per heavy atom. The van der Waals surface area contributed by atoms with Gasteiger partial charge >= 0.3 is 0 Å². The lowest BCUT2D eigenvalue weighted by Gasteiger charge is -2.16. The van der Waals surface area contributed by atoms with Crippen molar-refractivity contribution in [3.63, 3.8) is 0 Å². The maximum Gasteiger partial charge on any atom is 0.235 e. The van der Waals surface area contributed by atoms with E-state index in [9.17, 15) is 4.79 Å². The van der Waals surface area contributed by atoms with E-state index in [-0.39, 0.29) is 11.2 Å². The molecule has 1 aliphatic rings. The van der Waals surface area contributed by atoms with Crippen molar-refractivity contribution in [2.75, 3.05) is 11.1 Å². The molecule has 1 amide bonds. The van der Waals surface area contributed by atoms with Crippen molar-refractivity contribution < 1.29 is 4.79 Å². The molecule has 2 aromatic rings. The van der Waals surface area contributed by atoms with E-state index >= 15 is 0 Å². The normalized spacial score (nSPS) is 18.3. The van der Waals surface area contributed by atoms with Crippen LogP contribution >= 0.6 is 11.8 Å². The Morgan fingerprint density at radius 2 is 2.00 bits per heavy atom. The number of hydrogen-bond donors (Lipinski definition) is 2. The monoisotopic (exact) mass is 301 g/mol. The first-order chi connectivity index (χ1) is 10.1. The van der Waals surface area contributed by atoms with Crippen molar-refractivity contribution in [3.05, 3.63) is 46.6 Å². The second-order valence-corrected chi connectivity index (χ2v) is 6.76. The van der Waals surface area contributed by atoms with Crippen molar-refractivity contribution in [2.24, 2.45) is 0 Å². The van der Waals surface area contributed by atoms with E-state index in [1.54, 1.807) is 11.8 Å². The van der Waals surface area contributed by atoms with Crippen LogP contribution in [0.15, 0.2) is 24.3 Å². The summed E-state index contributed by atoms with van der Waals surface area (Å²) in [5, 5.41) is 10.2. The Bertz CT molecular complexity index is 661. The topological polar surface area (TPSA) is 57.8 Å². The van der Waals surface area contributed by atoms with Gasteiger partial charge in [0.05, 0.1) is 11.0 Å². The summed E-state index contributed by atoms with van der Waals surface area (Å²) in [5.74, 6) is 1.65. The second kappa shape index (κ2) is 5.56. The molecule has 0 saturated heterocycles. The Morgan fingerprint density at radius 3 is 2.67 bits per heavy atom. The third-order valence-electron chi connectivity index (χ3n) is 3.80. The highest BCUT2D eigenvalue weighted by Crippen LogP contribution is 2.42. The molecule has 0 radical (unpaired) electrons. The SMILES string of the molecule is Cc1[nH]nc2c1[C@H](c1ccc(C(C)C)cc1)SCC(=O)N2. The largest absolute Gasteiger partial charge is 0.308 e. The van der Waals surface area contributed by atoms with Crippen LogP contribution in [0.2, 0.25) is 0 Å². The summed E-state index contributed by atoms with van der Waals surface area (Å²) >= 11 is 1.65. The number of fused-ring (bicyclic) bond motifs is 1. The lowest BCUT2D eigenvalue weighted by Crippen LogP contribution is -2.12. The van der Waals surface area contributed by atoms with Gasteiger partial charge in [-0.3, -0.25) is 9.89 Å². The molecule has 0 unspecified atom stereocenters. The molecule has 2 heterocycles. The predicted octanol–water partition coefficient (Wildman–Crippen LogP) is 3.62. The van der Waals surface area contributed by atoms with Crippen LogP contribution in [0.1, 0.15) is 47.4 Å². The predicted molar refractivity (Wildman–Crippen MR) is 86.8 cm³/mol. The molecule has 3 rings (SSSR count). The van der Waals surface area contributed by atoms with Crippen LogP contribution in [0.25, 0.3) is 0 Å². The Balaban J connectivity index is 2.01. The Hall–Kier alpha value is -1.75. The number of thioether (sulfide) groups is 1. The number of H-pyrrole nitrogens is 1. The molecule has 0 bridgehead atoms. The summed E-state index contributed by atoms with van der Waals surface area (Å²) in [6, 6.07) is 8.68. The number of hydrogen-bond acceptors (Lipinski definition) is 3. The van der Waals surface area contributed by atoms with Crippen LogP contribution in [0.4, 0.5) is 5.82 Å². The molecule has 4 nitrogen and oxygen atoms in total. The number of benzene rings is 1. The zero-order chi connectivity index (χ0) is 15.0. The maximum atomic E-state index is 11.8. The number of aromatic nitrogens is 2. The van der Waals surface area contributed by atoms with E-state index in [0.29, 0.717) is 17.5 Å². The van der Waals surface area contributed by atoms with E-state index in [1.165, 1.54) is 11.1 Å². The lowest BCUT2D eigenvalue weighted by atomic mass is 9.98. The summed E-state index contributed by atoms with van der Waals surface area (Å²) in [6.45, 7) is 6.38. The molecular weight excluding hydrogens is 282 g/mol. The van der Waals surface area contributed by atoms with Crippen LogP contribution in [0.5, 0.6) is 0 Å². The van der Waals surface area contributed by atoms with Crippen molar-refractivity contribution >= 4 is 23.5 Å². The summed E-state index contributed by atoms with van der Waals surface area (Å²) in [7, 11) is 0. The minimum absolute atomic E-state index is 0.00838. The molecule has 110 valence electrons. The quantitative estimate of drug-likeness (QED) is 0.890. The van der Waals surface area contributed by atoms with Crippen LogP contribution in [-0.2, 0) is 4.79 Å². The van der Waals surface area contributed by atoms with E-state index in [2.05, 4.69) is 53.6 Å². The standard InChI is InChI=1S/C16H19N3OS/c1-9(2)11-4-6-12(7-5-11)15-14-10(3)18-19-16(14)17-13(20)8-21-15/h4-7,9,15H,8H2,1-3H3,(H2,17,18,19,20)/t15-/m0/s1. The van der Waals surface area contributed by atoms with Gasteiger partial charge in [-0.15, -0.1) is 11.8 Å². The smallest absolute Gasteiger partial charge is 0.235 e. The molecule has 5 heteroatoms. The first kappa shape index (κ1) is 14.2. The molecule has 0 saturated carbocycles. The van der Waals surface area contributed by atoms with E-state index < -0.39 is 0 Å². The number of nitrogens with zero attached hydrogens (tertiary/aromatic N) is 1. The minimum Gasteiger partial charge on any atom is -0.308 e. The maximum absolute atomic E-state index is 11.8. The average Bonchev–Trinajstić information content (AvgIpc) is 2.72. The van der Waals surface area contributed by atoms with Crippen LogP contribution in [0, 0.1) is 6.92 Å². The summed E-state index contributed by atoms with van der Waals surface area (Å²) in [5.41, 5.74) is 4.64. The van der Waals surface area contributed by atoms with Crippen molar-refractivity contribution in [1.29, 1.82) is 0 Å². The van der Waals surface area contributed by atoms with Gasteiger partial charge in [0.15, 0.2) is 5.82 Å². The number of rotatable bonds is 2. The highest BCUT2D eigenvalue weighted by molar-refractivity contribution is 8.00. The van der Waals surface area contributed by atoms with Crippen molar-refractivity contribution in [1.82, 2.24) is 10.2 Å². The van der Waals surface area contributed by atoms with Gasteiger partial charge in [0.2, 0.25) is 5.91 Å². The van der Waals surface area contributed by atoms with Gasteiger partial charge in [-0.25, -0.2) is 0 Å². The average molecular weight is 301 g/mol. The van der Waals surface area contributed by atoms with Gasteiger partial charge in [0.25, 0.3) is 0 Å². The van der Waals surface area contributed by atoms with Gasteiger partial charge in [-0.1, -0.05) is 38.1 Å². The summed E-state index contributed by atoms with van der Waals surface area (Å²) in [4.78, 5) is 11.8. The first-order valence-corrected chi connectivity index (χ1v) is 8.17. The molecule has 0 aliphatic carbocycles. The first-order valence-electron chi connectivity index (χ1n) is 7.12.